The van der Waals surface area contributed by atoms with Crippen LogP contribution >= 0.6 is 0 Å². The molecule has 2 aromatic rings. The quantitative estimate of drug-likeness (QED) is 0.365. The Morgan fingerprint density at radius 2 is 1.44 bits per heavy atom. The van der Waals surface area contributed by atoms with Gasteiger partial charge in [0.1, 0.15) is 10.6 Å². The molecule has 27 heavy (non-hydrogen) atoms. The lowest BCUT2D eigenvalue weighted by atomic mass is 9.98. The molecule has 0 fully saturated rings. The predicted molar refractivity (Wildman–Crippen MR) is 110 cm³/mol. The monoisotopic (exact) mass is 390 g/mol. The first kappa shape index (κ1) is 21.5. The molecule has 4 nitrogen and oxygen atoms in total. The maximum atomic E-state index is 11.6. The van der Waals surface area contributed by atoms with Gasteiger partial charge in [0.05, 0.1) is 0 Å². The molecule has 148 valence electrons. The van der Waals surface area contributed by atoms with Gasteiger partial charge in [0.2, 0.25) is 0 Å². The van der Waals surface area contributed by atoms with E-state index < -0.39 is 10.1 Å². The summed E-state index contributed by atoms with van der Waals surface area (Å²) in [5.41, 5.74) is 1.80. The van der Waals surface area contributed by atoms with Gasteiger partial charge in [0, 0.05) is 11.1 Å². The van der Waals surface area contributed by atoms with Crippen LogP contribution in [0, 0.1) is 0 Å². The highest BCUT2D eigenvalue weighted by Gasteiger charge is 2.18. The Morgan fingerprint density at radius 1 is 0.815 bits per heavy atom. The number of benzene rings is 2. The van der Waals surface area contributed by atoms with Gasteiger partial charge in [-0.1, -0.05) is 76.1 Å². The molecule has 0 unspecified atom stereocenters. The number of aryl methyl sites for hydroxylation is 1. The van der Waals surface area contributed by atoms with E-state index >= 15 is 0 Å². The van der Waals surface area contributed by atoms with E-state index in [-0.39, 0.29) is 10.6 Å². The SMILES string of the molecule is CCCCCCCCCCc1ccc(O)c(-c2ccccc2S(=O)(=O)O)c1. The predicted octanol–water partition coefficient (Wildman–Crippen LogP) is 5.99. The molecule has 2 aromatic carbocycles. The Hall–Kier alpha value is -1.85. The molecule has 0 amide bonds. The van der Waals surface area contributed by atoms with Crippen molar-refractivity contribution < 1.29 is 18.1 Å². The molecule has 0 aromatic heterocycles. The van der Waals surface area contributed by atoms with E-state index in [1.54, 1.807) is 24.3 Å². The molecule has 0 bridgehead atoms. The summed E-state index contributed by atoms with van der Waals surface area (Å²) in [4.78, 5) is -0.190. The van der Waals surface area contributed by atoms with Gasteiger partial charge in [-0.2, -0.15) is 8.42 Å². The molecule has 0 spiro atoms. The molecule has 5 heteroatoms. The molecule has 0 atom stereocenters. The van der Waals surface area contributed by atoms with Gasteiger partial charge >= 0.3 is 0 Å². The highest BCUT2D eigenvalue weighted by Crippen LogP contribution is 2.34. The first-order valence-corrected chi connectivity index (χ1v) is 11.3. The summed E-state index contributed by atoms with van der Waals surface area (Å²) in [6.07, 6.45) is 10.9. The van der Waals surface area contributed by atoms with Crippen LogP contribution in [0.3, 0.4) is 0 Å². The second kappa shape index (κ2) is 10.5. The zero-order chi connectivity index (χ0) is 19.7. The molecule has 0 heterocycles. The topological polar surface area (TPSA) is 74.6 Å². The Balaban J connectivity index is 2.01. The number of hydrogen-bond acceptors (Lipinski definition) is 3. The average molecular weight is 391 g/mol. The lowest BCUT2D eigenvalue weighted by Gasteiger charge is -2.11. The van der Waals surface area contributed by atoms with Gasteiger partial charge in [-0.15, -0.1) is 0 Å². The molecule has 0 aliphatic heterocycles. The molecule has 2 N–H and O–H groups in total. The highest BCUT2D eigenvalue weighted by atomic mass is 32.2. The van der Waals surface area contributed by atoms with E-state index in [2.05, 4.69) is 6.92 Å². The van der Waals surface area contributed by atoms with Crippen LogP contribution in [-0.4, -0.2) is 18.1 Å². The summed E-state index contributed by atoms with van der Waals surface area (Å²) >= 11 is 0. The van der Waals surface area contributed by atoms with E-state index in [0.29, 0.717) is 11.1 Å². The molecule has 2 rings (SSSR count). The minimum Gasteiger partial charge on any atom is -0.507 e. The molecular weight excluding hydrogens is 360 g/mol. The molecule has 0 radical (unpaired) electrons. The Labute approximate surface area is 163 Å². The molecule has 0 aliphatic carbocycles. The number of phenols is 1. The van der Waals surface area contributed by atoms with Crippen LogP contribution in [0.2, 0.25) is 0 Å². The van der Waals surface area contributed by atoms with Crippen LogP contribution < -0.4 is 0 Å². The second-order valence-corrected chi connectivity index (χ2v) is 8.44. The van der Waals surface area contributed by atoms with Crippen LogP contribution in [-0.2, 0) is 16.5 Å². The fourth-order valence-corrected chi connectivity index (χ4v) is 4.04. The minimum absolute atomic E-state index is 0.00535. The standard InChI is InChI=1S/C22H30O4S/c1-2-3-4-5-6-7-8-9-12-18-15-16-21(23)20(17-18)19-13-10-11-14-22(19)27(24,25)26/h10-11,13-17,23H,2-9,12H2,1H3,(H,24,25,26). The van der Waals surface area contributed by atoms with Gasteiger partial charge in [-0.05, 0) is 36.6 Å². The lowest BCUT2D eigenvalue weighted by molar-refractivity contribution is 0.476. The van der Waals surface area contributed by atoms with Gasteiger partial charge in [0.25, 0.3) is 10.1 Å². The van der Waals surface area contributed by atoms with Crippen LogP contribution in [0.15, 0.2) is 47.4 Å². The Bertz CT molecular complexity index is 828. The van der Waals surface area contributed by atoms with Gasteiger partial charge in [-0.25, -0.2) is 0 Å². The normalized spacial score (nSPS) is 11.6. The van der Waals surface area contributed by atoms with E-state index in [1.807, 2.05) is 12.1 Å². The van der Waals surface area contributed by atoms with Crippen molar-refractivity contribution in [3.63, 3.8) is 0 Å². The van der Waals surface area contributed by atoms with E-state index in [9.17, 15) is 18.1 Å². The summed E-state index contributed by atoms with van der Waals surface area (Å²) in [6, 6.07) is 11.5. The molecular formula is C22H30O4S. The first-order valence-electron chi connectivity index (χ1n) is 9.82. The fourth-order valence-electron chi connectivity index (χ4n) is 3.33. The van der Waals surface area contributed by atoms with Gasteiger partial charge in [0.15, 0.2) is 0 Å². The Kier molecular flexibility index (Phi) is 8.32. The van der Waals surface area contributed by atoms with Crippen molar-refractivity contribution in [2.75, 3.05) is 0 Å². The summed E-state index contributed by atoms with van der Waals surface area (Å²) in [6.45, 7) is 2.22. The lowest BCUT2D eigenvalue weighted by Crippen LogP contribution is -2.01. The summed E-state index contributed by atoms with van der Waals surface area (Å²) in [5, 5.41) is 10.2. The first-order chi connectivity index (χ1) is 12.9. The van der Waals surface area contributed by atoms with Crippen molar-refractivity contribution in [3.8, 4) is 16.9 Å². The minimum atomic E-state index is -4.36. The van der Waals surface area contributed by atoms with Crippen molar-refractivity contribution in [1.29, 1.82) is 0 Å². The van der Waals surface area contributed by atoms with Crippen molar-refractivity contribution in [1.82, 2.24) is 0 Å². The Morgan fingerprint density at radius 3 is 2.11 bits per heavy atom. The van der Waals surface area contributed by atoms with Gasteiger partial charge in [-0.3, -0.25) is 4.55 Å². The summed E-state index contributed by atoms with van der Waals surface area (Å²) < 4.78 is 32.7. The zero-order valence-corrected chi connectivity index (χ0v) is 16.8. The molecule has 0 aliphatic rings. The van der Waals surface area contributed by atoms with E-state index in [4.69, 9.17) is 0 Å². The number of aromatic hydroxyl groups is 1. The third-order valence-electron chi connectivity index (χ3n) is 4.84. The van der Waals surface area contributed by atoms with Gasteiger partial charge < -0.3 is 5.11 Å². The smallest absolute Gasteiger partial charge is 0.295 e. The van der Waals surface area contributed by atoms with Crippen molar-refractivity contribution in [2.24, 2.45) is 0 Å². The molecule has 0 saturated carbocycles. The van der Waals surface area contributed by atoms with E-state index in [0.717, 1.165) is 18.4 Å². The van der Waals surface area contributed by atoms with E-state index in [1.165, 1.54) is 51.0 Å². The maximum absolute atomic E-state index is 11.6. The number of rotatable bonds is 11. The highest BCUT2D eigenvalue weighted by molar-refractivity contribution is 7.86. The van der Waals surface area contributed by atoms with Crippen molar-refractivity contribution >= 4 is 10.1 Å². The average Bonchev–Trinajstić information content (AvgIpc) is 2.64. The van der Waals surface area contributed by atoms with Crippen LogP contribution in [0.1, 0.15) is 63.9 Å². The van der Waals surface area contributed by atoms with Crippen LogP contribution in [0.5, 0.6) is 5.75 Å². The van der Waals surface area contributed by atoms with Crippen LogP contribution in [0.4, 0.5) is 0 Å². The summed E-state index contributed by atoms with van der Waals surface area (Å²) in [5.74, 6) is 0.00535. The largest absolute Gasteiger partial charge is 0.507 e. The zero-order valence-electron chi connectivity index (χ0n) is 16.0. The van der Waals surface area contributed by atoms with Crippen molar-refractivity contribution in [3.05, 3.63) is 48.0 Å². The molecule has 0 saturated heterocycles. The third-order valence-corrected chi connectivity index (χ3v) is 5.75. The summed E-state index contributed by atoms with van der Waals surface area (Å²) in [7, 11) is -4.36. The third kappa shape index (κ3) is 6.67. The fraction of sp³-hybridized carbons (Fsp3) is 0.455. The number of phenolic OH excluding ortho intramolecular Hbond substituents is 1. The van der Waals surface area contributed by atoms with Crippen LogP contribution in [0.25, 0.3) is 11.1 Å². The maximum Gasteiger partial charge on any atom is 0.295 e. The van der Waals surface area contributed by atoms with Crippen molar-refractivity contribution in [2.45, 2.75) is 69.6 Å². The number of hydrogen-bond donors (Lipinski definition) is 2. The number of unbranched alkanes of at least 4 members (excludes halogenated alkanes) is 7. The second-order valence-electron chi connectivity index (χ2n) is 7.05.